The fraction of sp³-hybridized carbons (Fsp3) is 0.312. The Morgan fingerprint density at radius 3 is 2.39 bits per heavy atom. The zero-order valence-corrected chi connectivity index (χ0v) is 10.9. The zero-order valence-electron chi connectivity index (χ0n) is 10.9. The van der Waals surface area contributed by atoms with Crippen LogP contribution in [0.1, 0.15) is 43.4 Å². The average Bonchev–Trinajstić information content (AvgIpc) is 2.41. The zero-order chi connectivity index (χ0) is 13.0. The number of aromatic hydroxyl groups is 1. The van der Waals surface area contributed by atoms with E-state index in [2.05, 4.69) is 24.9 Å². The highest BCUT2D eigenvalue weighted by Crippen LogP contribution is 2.34. The molecule has 0 saturated heterocycles. The van der Waals surface area contributed by atoms with E-state index >= 15 is 0 Å². The van der Waals surface area contributed by atoms with E-state index in [0.29, 0.717) is 17.6 Å². The van der Waals surface area contributed by atoms with E-state index in [9.17, 15) is 5.11 Å². The highest BCUT2D eigenvalue weighted by molar-refractivity contribution is 5.30. The van der Waals surface area contributed by atoms with E-state index in [1.54, 1.807) is 12.1 Å². The molecule has 0 radical (unpaired) electrons. The summed E-state index contributed by atoms with van der Waals surface area (Å²) in [6, 6.07) is 13.5. The van der Waals surface area contributed by atoms with E-state index in [0.717, 1.165) is 12.1 Å². The van der Waals surface area contributed by atoms with Crippen LogP contribution in [0.5, 0.6) is 5.75 Å². The van der Waals surface area contributed by atoms with Crippen LogP contribution in [-0.2, 0) is 0 Å². The summed E-state index contributed by atoms with van der Waals surface area (Å²) in [5, 5.41) is 9.34. The lowest BCUT2D eigenvalue weighted by molar-refractivity contribution is 0.474. The van der Waals surface area contributed by atoms with Crippen molar-refractivity contribution in [1.82, 2.24) is 4.98 Å². The molecule has 1 aromatic carbocycles. The van der Waals surface area contributed by atoms with Gasteiger partial charge in [-0.2, -0.15) is 0 Å². The number of hydrogen-bond acceptors (Lipinski definition) is 2. The molecule has 94 valence electrons. The molecule has 0 spiro atoms. The molecule has 2 aromatic rings. The molecule has 1 heterocycles. The minimum Gasteiger partial charge on any atom is -0.508 e. The lowest BCUT2D eigenvalue weighted by Crippen LogP contribution is -2.09. The quantitative estimate of drug-likeness (QED) is 0.874. The van der Waals surface area contributed by atoms with Gasteiger partial charge in [-0.1, -0.05) is 32.0 Å². The van der Waals surface area contributed by atoms with Crippen molar-refractivity contribution in [3.05, 3.63) is 59.9 Å². The molecule has 2 nitrogen and oxygen atoms in total. The van der Waals surface area contributed by atoms with Crippen LogP contribution in [0.4, 0.5) is 0 Å². The van der Waals surface area contributed by atoms with Crippen LogP contribution in [0.15, 0.2) is 48.7 Å². The summed E-state index contributed by atoms with van der Waals surface area (Å²) >= 11 is 0. The fourth-order valence-corrected chi connectivity index (χ4v) is 2.42. The van der Waals surface area contributed by atoms with Crippen LogP contribution in [0.2, 0.25) is 0 Å². The maximum Gasteiger partial charge on any atom is 0.115 e. The second kappa shape index (κ2) is 5.67. The summed E-state index contributed by atoms with van der Waals surface area (Å²) in [4.78, 5) is 4.46. The second-order valence-electron chi connectivity index (χ2n) is 4.65. The molecular formula is C16H19NO. The predicted octanol–water partition coefficient (Wildman–Crippen LogP) is 4.08. The number of pyridine rings is 1. The summed E-state index contributed by atoms with van der Waals surface area (Å²) in [6.45, 7) is 4.41. The van der Waals surface area contributed by atoms with Crippen molar-refractivity contribution in [3.8, 4) is 5.75 Å². The molecule has 0 saturated carbocycles. The van der Waals surface area contributed by atoms with Crippen LogP contribution >= 0.6 is 0 Å². The van der Waals surface area contributed by atoms with Gasteiger partial charge in [0.1, 0.15) is 5.75 Å². The maximum absolute atomic E-state index is 9.34. The fourth-order valence-electron chi connectivity index (χ4n) is 2.42. The van der Waals surface area contributed by atoms with Crippen molar-refractivity contribution in [2.24, 2.45) is 0 Å². The molecular weight excluding hydrogens is 222 g/mol. The molecule has 0 bridgehead atoms. The van der Waals surface area contributed by atoms with Crippen LogP contribution in [0, 0.1) is 0 Å². The predicted molar refractivity (Wildman–Crippen MR) is 73.8 cm³/mol. The Morgan fingerprint density at radius 2 is 1.83 bits per heavy atom. The molecule has 0 amide bonds. The Hall–Kier alpha value is -1.83. The summed E-state index contributed by atoms with van der Waals surface area (Å²) in [6.07, 6.45) is 2.90. The van der Waals surface area contributed by atoms with Crippen LogP contribution in [0.25, 0.3) is 0 Å². The van der Waals surface area contributed by atoms with E-state index in [4.69, 9.17) is 0 Å². The first-order valence-electron chi connectivity index (χ1n) is 6.42. The summed E-state index contributed by atoms with van der Waals surface area (Å²) < 4.78 is 0. The normalized spacial score (nSPS) is 14.1. The van der Waals surface area contributed by atoms with Crippen molar-refractivity contribution < 1.29 is 5.11 Å². The van der Waals surface area contributed by atoms with E-state index < -0.39 is 0 Å². The highest BCUT2D eigenvalue weighted by Gasteiger charge is 2.20. The first kappa shape index (κ1) is 12.6. The minimum atomic E-state index is 0.317. The molecule has 2 rings (SSSR count). The maximum atomic E-state index is 9.34. The minimum absolute atomic E-state index is 0.317. The monoisotopic (exact) mass is 241 g/mol. The van der Waals surface area contributed by atoms with Gasteiger partial charge in [0.25, 0.3) is 0 Å². The molecule has 0 aliphatic heterocycles. The Labute approximate surface area is 108 Å². The van der Waals surface area contributed by atoms with Gasteiger partial charge >= 0.3 is 0 Å². The van der Waals surface area contributed by atoms with Gasteiger partial charge in [0.2, 0.25) is 0 Å². The van der Waals surface area contributed by atoms with Crippen LogP contribution in [-0.4, -0.2) is 10.1 Å². The Kier molecular flexibility index (Phi) is 3.98. The van der Waals surface area contributed by atoms with Gasteiger partial charge in [0.15, 0.2) is 0 Å². The van der Waals surface area contributed by atoms with Gasteiger partial charge in [-0.05, 0) is 42.2 Å². The SMILES string of the molecule is CC[C@H](c1ccccn1)[C@H](C)c1ccc(O)cc1. The number of aromatic nitrogens is 1. The first-order chi connectivity index (χ1) is 8.72. The van der Waals surface area contributed by atoms with Gasteiger partial charge in [-0.25, -0.2) is 0 Å². The molecule has 0 aliphatic rings. The standard InChI is InChI=1S/C16H19NO/c1-3-15(16-6-4-5-11-17-16)12(2)13-7-9-14(18)10-8-13/h4-12,15,18H,3H2,1-2H3/t12-,15+/m1/s1. The number of nitrogens with zero attached hydrogens (tertiary/aromatic N) is 1. The number of phenols is 1. The summed E-state index contributed by atoms with van der Waals surface area (Å²) in [5.41, 5.74) is 2.38. The van der Waals surface area contributed by atoms with Crippen molar-refractivity contribution in [1.29, 1.82) is 0 Å². The Morgan fingerprint density at radius 1 is 1.11 bits per heavy atom. The number of hydrogen-bond donors (Lipinski definition) is 1. The molecule has 2 atom stereocenters. The van der Waals surface area contributed by atoms with Gasteiger partial charge in [0, 0.05) is 17.8 Å². The van der Waals surface area contributed by atoms with E-state index in [1.807, 2.05) is 30.5 Å². The van der Waals surface area contributed by atoms with Crippen LogP contribution < -0.4 is 0 Å². The summed E-state index contributed by atoms with van der Waals surface area (Å²) in [7, 11) is 0. The van der Waals surface area contributed by atoms with Gasteiger partial charge in [-0.3, -0.25) is 4.98 Å². The lowest BCUT2D eigenvalue weighted by Gasteiger charge is -2.22. The Balaban J connectivity index is 2.25. The van der Waals surface area contributed by atoms with Gasteiger partial charge < -0.3 is 5.11 Å². The third-order valence-corrected chi connectivity index (χ3v) is 3.53. The number of benzene rings is 1. The number of phenolic OH excluding ortho intramolecular Hbond substituents is 1. The molecule has 0 aliphatic carbocycles. The van der Waals surface area contributed by atoms with Crippen LogP contribution in [0.3, 0.4) is 0 Å². The Bertz CT molecular complexity index is 478. The molecule has 1 aromatic heterocycles. The van der Waals surface area contributed by atoms with E-state index in [-0.39, 0.29) is 0 Å². The molecule has 2 heteroatoms. The van der Waals surface area contributed by atoms with Gasteiger partial charge in [0.05, 0.1) is 0 Å². The average molecular weight is 241 g/mol. The smallest absolute Gasteiger partial charge is 0.115 e. The van der Waals surface area contributed by atoms with E-state index in [1.165, 1.54) is 5.56 Å². The van der Waals surface area contributed by atoms with Crippen molar-refractivity contribution in [3.63, 3.8) is 0 Å². The first-order valence-corrected chi connectivity index (χ1v) is 6.42. The molecule has 0 unspecified atom stereocenters. The third kappa shape index (κ3) is 2.70. The molecule has 0 fully saturated rings. The third-order valence-electron chi connectivity index (χ3n) is 3.53. The lowest BCUT2D eigenvalue weighted by atomic mass is 9.83. The highest BCUT2D eigenvalue weighted by atomic mass is 16.3. The van der Waals surface area contributed by atoms with Crippen molar-refractivity contribution in [2.75, 3.05) is 0 Å². The summed E-state index contributed by atoms with van der Waals surface area (Å²) in [5.74, 6) is 1.12. The molecule has 18 heavy (non-hydrogen) atoms. The largest absolute Gasteiger partial charge is 0.508 e. The van der Waals surface area contributed by atoms with Gasteiger partial charge in [-0.15, -0.1) is 0 Å². The topological polar surface area (TPSA) is 33.1 Å². The second-order valence-corrected chi connectivity index (χ2v) is 4.65. The molecule has 1 N–H and O–H groups in total. The van der Waals surface area contributed by atoms with Crippen molar-refractivity contribution >= 4 is 0 Å². The number of rotatable bonds is 4. The van der Waals surface area contributed by atoms with Crippen molar-refractivity contribution in [2.45, 2.75) is 32.1 Å².